The van der Waals surface area contributed by atoms with Crippen LogP contribution in [-0.4, -0.2) is 23.6 Å². The highest BCUT2D eigenvalue weighted by Gasteiger charge is 2.16. The summed E-state index contributed by atoms with van der Waals surface area (Å²) in [6.45, 7) is 0.196. The predicted octanol–water partition coefficient (Wildman–Crippen LogP) is 3.85. The van der Waals surface area contributed by atoms with Gasteiger partial charge in [0.2, 0.25) is 0 Å². The number of phenols is 1. The summed E-state index contributed by atoms with van der Waals surface area (Å²) in [5.74, 6) is -0.387. The van der Waals surface area contributed by atoms with Crippen LogP contribution < -0.4 is 5.56 Å². The molecule has 162 valence electrons. The Hall–Kier alpha value is -3.62. The van der Waals surface area contributed by atoms with Crippen molar-refractivity contribution in [1.82, 2.24) is 9.78 Å². The van der Waals surface area contributed by atoms with Crippen molar-refractivity contribution in [2.75, 3.05) is 0 Å². The molecule has 1 unspecified atom stereocenters. The van der Waals surface area contributed by atoms with Crippen molar-refractivity contribution < 1.29 is 18.3 Å². The highest BCUT2D eigenvalue weighted by Crippen LogP contribution is 2.29. The molecule has 0 saturated carbocycles. The number of hydrogen-bond acceptors (Lipinski definition) is 5. The summed E-state index contributed by atoms with van der Waals surface area (Å²) in [4.78, 5) is 13.4. The van der Waals surface area contributed by atoms with Crippen LogP contribution >= 0.6 is 0 Å². The van der Waals surface area contributed by atoms with Gasteiger partial charge in [0.15, 0.2) is 0 Å². The number of phenolic OH excluding ortho intramolecular Hbond substituents is 1. The average molecular weight is 449 g/mol. The van der Waals surface area contributed by atoms with Crippen LogP contribution in [0.2, 0.25) is 0 Å². The van der Waals surface area contributed by atoms with Crippen LogP contribution in [-0.2, 0) is 23.4 Å². The first-order valence-electron chi connectivity index (χ1n) is 9.70. The van der Waals surface area contributed by atoms with Crippen molar-refractivity contribution in [3.8, 4) is 28.0 Å². The maximum Gasteiger partial charge on any atom is 0.275 e. The smallest absolute Gasteiger partial charge is 0.275 e. The highest BCUT2D eigenvalue weighted by atomic mass is 32.2. The van der Waals surface area contributed by atoms with Gasteiger partial charge < -0.3 is 9.66 Å². The lowest BCUT2D eigenvalue weighted by Gasteiger charge is -2.14. The standard InChI is InChI=1S/C24H19FN2O4S/c25-20-9-7-19(8-10-20)23-22(18-5-1-17(2-6-18)15-32(30)31)13-26-27(24(23)29)14-16-3-11-21(28)12-4-16/h1-13,28H,14-15H2,(H,30,31)/p-1. The lowest BCUT2D eigenvalue weighted by atomic mass is 9.96. The lowest BCUT2D eigenvalue weighted by Crippen LogP contribution is -2.25. The third-order valence-electron chi connectivity index (χ3n) is 4.99. The van der Waals surface area contributed by atoms with Gasteiger partial charge in [0.05, 0.1) is 18.3 Å². The van der Waals surface area contributed by atoms with Crippen LogP contribution in [0.4, 0.5) is 4.39 Å². The van der Waals surface area contributed by atoms with Crippen molar-refractivity contribution in [1.29, 1.82) is 0 Å². The summed E-state index contributed by atoms with van der Waals surface area (Å²) >= 11 is -2.20. The molecule has 4 rings (SSSR count). The fourth-order valence-electron chi connectivity index (χ4n) is 3.41. The maximum atomic E-state index is 13.5. The Kier molecular flexibility index (Phi) is 6.25. The molecule has 6 nitrogen and oxygen atoms in total. The molecule has 0 aliphatic rings. The third kappa shape index (κ3) is 4.82. The van der Waals surface area contributed by atoms with Gasteiger partial charge in [0, 0.05) is 11.3 Å². The minimum Gasteiger partial charge on any atom is -0.772 e. The summed E-state index contributed by atoms with van der Waals surface area (Å²) in [6.07, 6.45) is 1.57. The molecule has 1 heterocycles. The minimum absolute atomic E-state index is 0.0996. The third-order valence-corrected chi connectivity index (χ3v) is 5.56. The zero-order chi connectivity index (χ0) is 22.7. The summed E-state index contributed by atoms with van der Waals surface area (Å²) < 4.78 is 36.7. The van der Waals surface area contributed by atoms with Gasteiger partial charge in [-0.3, -0.25) is 9.00 Å². The number of aromatic nitrogens is 2. The largest absolute Gasteiger partial charge is 0.772 e. The Bertz CT molecular complexity index is 1320. The molecule has 1 aromatic heterocycles. The first kappa shape index (κ1) is 21.6. The Morgan fingerprint density at radius 3 is 2.12 bits per heavy atom. The predicted molar refractivity (Wildman–Crippen MR) is 119 cm³/mol. The Morgan fingerprint density at radius 2 is 1.50 bits per heavy atom. The molecule has 0 saturated heterocycles. The van der Waals surface area contributed by atoms with E-state index in [-0.39, 0.29) is 23.6 Å². The van der Waals surface area contributed by atoms with E-state index in [4.69, 9.17) is 0 Å². The SMILES string of the molecule is O=c1c(-c2ccc(F)cc2)c(-c2ccc(CS(=O)[O-])cc2)cnn1Cc1ccc(O)cc1. The number of benzene rings is 3. The molecule has 0 fully saturated rings. The quantitative estimate of drug-likeness (QED) is 0.451. The summed E-state index contributed by atoms with van der Waals surface area (Å²) in [5.41, 5.74) is 3.19. The van der Waals surface area contributed by atoms with Crippen LogP contribution in [0.5, 0.6) is 5.75 Å². The average Bonchev–Trinajstić information content (AvgIpc) is 2.77. The van der Waals surface area contributed by atoms with Gasteiger partial charge in [-0.15, -0.1) is 0 Å². The second-order valence-electron chi connectivity index (χ2n) is 7.21. The van der Waals surface area contributed by atoms with Gasteiger partial charge in [0.1, 0.15) is 11.6 Å². The Morgan fingerprint density at radius 1 is 0.906 bits per heavy atom. The lowest BCUT2D eigenvalue weighted by molar-refractivity contribution is 0.475. The van der Waals surface area contributed by atoms with Gasteiger partial charge >= 0.3 is 0 Å². The van der Waals surface area contributed by atoms with Crippen molar-refractivity contribution in [2.24, 2.45) is 0 Å². The van der Waals surface area contributed by atoms with E-state index in [1.807, 2.05) is 0 Å². The van der Waals surface area contributed by atoms with E-state index in [9.17, 15) is 23.1 Å². The van der Waals surface area contributed by atoms with E-state index in [0.29, 0.717) is 27.8 Å². The zero-order valence-corrected chi connectivity index (χ0v) is 17.6. The van der Waals surface area contributed by atoms with E-state index in [1.165, 1.54) is 41.1 Å². The molecule has 4 aromatic rings. The topological polar surface area (TPSA) is 95.3 Å². The number of halogens is 1. The van der Waals surface area contributed by atoms with E-state index < -0.39 is 16.9 Å². The van der Waals surface area contributed by atoms with Crippen LogP contribution in [0, 0.1) is 5.82 Å². The number of hydrogen-bond donors (Lipinski definition) is 1. The van der Waals surface area contributed by atoms with E-state index >= 15 is 0 Å². The fraction of sp³-hybridized carbons (Fsp3) is 0.0833. The number of aromatic hydroxyl groups is 1. The molecule has 3 aromatic carbocycles. The molecular weight excluding hydrogens is 431 g/mol. The monoisotopic (exact) mass is 449 g/mol. The molecule has 0 bridgehead atoms. The highest BCUT2D eigenvalue weighted by molar-refractivity contribution is 7.78. The van der Waals surface area contributed by atoms with Gasteiger partial charge in [-0.05, 0) is 46.5 Å². The van der Waals surface area contributed by atoms with Crippen molar-refractivity contribution in [3.63, 3.8) is 0 Å². The summed E-state index contributed by atoms with van der Waals surface area (Å²) in [6, 6.07) is 18.9. The molecule has 0 amide bonds. The molecule has 8 heteroatoms. The molecule has 0 radical (unpaired) electrons. The second-order valence-corrected chi connectivity index (χ2v) is 8.11. The van der Waals surface area contributed by atoms with Crippen molar-refractivity contribution in [2.45, 2.75) is 12.3 Å². The van der Waals surface area contributed by atoms with Gasteiger partial charge in [-0.25, -0.2) is 9.07 Å². The minimum atomic E-state index is -2.20. The summed E-state index contributed by atoms with van der Waals surface area (Å²) in [7, 11) is 0. The van der Waals surface area contributed by atoms with Crippen molar-refractivity contribution >= 4 is 11.1 Å². The molecule has 32 heavy (non-hydrogen) atoms. The molecule has 0 aliphatic carbocycles. The first-order chi connectivity index (χ1) is 15.4. The van der Waals surface area contributed by atoms with Crippen molar-refractivity contribution in [3.05, 3.63) is 106 Å². The fourth-order valence-corrected chi connectivity index (χ4v) is 3.87. The normalized spacial score (nSPS) is 11.9. The first-order valence-corrected chi connectivity index (χ1v) is 10.9. The van der Waals surface area contributed by atoms with Gasteiger partial charge in [-0.1, -0.05) is 59.6 Å². The van der Waals surface area contributed by atoms with E-state index in [2.05, 4.69) is 5.10 Å². The Balaban J connectivity index is 1.81. The molecule has 1 N–H and O–H groups in total. The van der Waals surface area contributed by atoms with Gasteiger partial charge in [0.25, 0.3) is 5.56 Å². The summed E-state index contributed by atoms with van der Waals surface area (Å²) in [5, 5.41) is 13.8. The second kappa shape index (κ2) is 9.25. The molecular formula is C24H18FN2O4S-. The zero-order valence-electron chi connectivity index (χ0n) is 16.8. The van der Waals surface area contributed by atoms with Crippen LogP contribution in [0.15, 0.2) is 83.8 Å². The molecule has 0 spiro atoms. The van der Waals surface area contributed by atoms with E-state index in [1.54, 1.807) is 42.6 Å². The van der Waals surface area contributed by atoms with Gasteiger partial charge in [-0.2, -0.15) is 5.10 Å². The maximum absolute atomic E-state index is 13.5. The van der Waals surface area contributed by atoms with Crippen LogP contribution in [0.3, 0.4) is 0 Å². The van der Waals surface area contributed by atoms with Crippen LogP contribution in [0.1, 0.15) is 11.1 Å². The molecule has 0 aliphatic heterocycles. The van der Waals surface area contributed by atoms with Crippen LogP contribution in [0.25, 0.3) is 22.3 Å². The number of nitrogens with zero attached hydrogens (tertiary/aromatic N) is 2. The molecule has 1 atom stereocenters. The Labute approximate surface area is 185 Å². The van der Waals surface area contributed by atoms with E-state index in [0.717, 1.165) is 5.56 Å². The number of rotatable bonds is 6.